The third-order valence-corrected chi connectivity index (χ3v) is 5.81. The highest BCUT2D eigenvalue weighted by Gasteiger charge is 2.19. The van der Waals surface area contributed by atoms with Gasteiger partial charge in [0.05, 0.1) is 6.04 Å². The zero-order valence-corrected chi connectivity index (χ0v) is 17.9. The van der Waals surface area contributed by atoms with Crippen LogP contribution in [0, 0.1) is 0 Å². The Morgan fingerprint density at radius 3 is 2.61 bits per heavy atom. The summed E-state index contributed by atoms with van der Waals surface area (Å²) in [5.41, 5.74) is 1.59. The van der Waals surface area contributed by atoms with Crippen molar-refractivity contribution >= 4 is 40.9 Å². The summed E-state index contributed by atoms with van der Waals surface area (Å²) >= 11 is 13.8. The van der Waals surface area contributed by atoms with E-state index in [1.165, 1.54) is 0 Å². The Morgan fingerprint density at radius 1 is 1.18 bits per heavy atom. The van der Waals surface area contributed by atoms with E-state index in [-0.39, 0.29) is 11.9 Å². The van der Waals surface area contributed by atoms with Crippen molar-refractivity contribution in [2.24, 2.45) is 0 Å². The summed E-state index contributed by atoms with van der Waals surface area (Å²) in [6.45, 7) is 4.63. The number of rotatable bonds is 7. The van der Waals surface area contributed by atoms with Crippen LogP contribution in [0.1, 0.15) is 41.6 Å². The predicted molar refractivity (Wildman–Crippen MR) is 114 cm³/mol. The number of carbonyl (C=O) groups is 1. The molecule has 8 heteroatoms. The minimum atomic E-state index is -0.270. The van der Waals surface area contributed by atoms with Gasteiger partial charge in [0.2, 0.25) is 0 Å². The maximum absolute atomic E-state index is 12.4. The molecule has 0 radical (unpaired) electrons. The minimum Gasteiger partial charge on any atom is -0.342 e. The van der Waals surface area contributed by atoms with Gasteiger partial charge in [-0.05, 0) is 43.7 Å². The number of hydrogen-bond acceptors (Lipinski definition) is 4. The highest BCUT2D eigenvalue weighted by molar-refractivity contribution is 7.98. The molecule has 5 nitrogen and oxygen atoms in total. The molecule has 0 saturated carbocycles. The average molecular weight is 435 g/mol. The van der Waals surface area contributed by atoms with Crippen molar-refractivity contribution in [1.29, 1.82) is 0 Å². The van der Waals surface area contributed by atoms with Crippen LogP contribution < -0.4 is 5.32 Å². The van der Waals surface area contributed by atoms with E-state index in [1.54, 1.807) is 30.0 Å². The van der Waals surface area contributed by atoms with Gasteiger partial charge in [-0.3, -0.25) is 4.79 Å². The lowest BCUT2D eigenvalue weighted by Crippen LogP contribution is -2.28. The fourth-order valence-corrected chi connectivity index (χ4v) is 4.31. The van der Waals surface area contributed by atoms with Gasteiger partial charge in [0.25, 0.3) is 5.91 Å². The Labute approximate surface area is 178 Å². The molecule has 0 unspecified atom stereocenters. The molecule has 0 bridgehead atoms. The number of nitrogens with zero attached hydrogens (tertiary/aromatic N) is 3. The lowest BCUT2D eigenvalue weighted by molar-refractivity contribution is 0.0937. The number of halogens is 2. The van der Waals surface area contributed by atoms with E-state index in [9.17, 15) is 4.79 Å². The number of carbonyl (C=O) groups excluding carboxylic acids is 1. The van der Waals surface area contributed by atoms with Crippen LogP contribution in [0.4, 0.5) is 0 Å². The smallest absolute Gasteiger partial charge is 0.251 e. The summed E-state index contributed by atoms with van der Waals surface area (Å²) in [7, 11) is 0. The summed E-state index contributed by atoms with van der Waals surface area (Å²) in [5.74, 6) is 1.23. The van der Waals surface area contributed by atoms with Crippen molar-refractivity contribution in [3.8, 4) is 0 Å². The number of amides is 1. The van der Waals surface area contributed by atoms with Crippen molar-refractivity contribution in [2.75, 3.05) is 0 Å². The van der Waals surface area contributed by atoms with E-state index in [2.05, 4.69) is 15.5 Å². The molecule has 1 aromatic heterocycles. The van der Waals surface area contributed by atoms with Gasteiger partial charge >= 0.3 is 0 Å². The number of hydrogen-bond donors (Lipinski definition) is 1. The van der Waals surface area contributed by atoms with Crippen molar-refractivity contribution in [3.05, 3.63) is 75.5 Å². The number of benzene rings is 2. The molecule has 3 aromatic rings. The molecule has 28 heavy (non-hydrogen) atoms. The number of thioether (sulfide) groups is 1. The first-order valence-electron chi connectivity index (χ1n) is 8.85. The molecule has 1 N–H and O–H groups in total. The second-order valence-corrected chi connectivity index (χ2v) is 7.96. The van der Waals surface area contributed by atoms with E-state index >= 15 is 0 Å². The van der Waals surface area contributed by atoms with Crippen molar-refractivity contribution in [3.63, 3.8) is 0 Å². The van der Waals surface area contributed by atoms with Crippen LogP contribution >= 0.6 is 35.0 Å². The van der Waals surface area contributed by atoms with E-state index in [0.717, 1.165) is 16.5 Å². The first-order chi connectivity index (χ1) is 13.5. The van der Waals surface area contributed by atoms with Crippen molar-refractivity contribution in [2.45, 2.75) is 37.3 Å². The van der Waals surface area contributed by atoms with Gasteiger partial charge in [0.1, 0.15) is 0 Å². The molecule has 2 aromatic carbocycles. The van der Waals surface area contributed by atoms with Crippen LogP contribution in [0.5, 0.6) is 0 Å². The molecule has 0 aliphatic rings. The Bertz CT molecular complexity index is 962. The van der Waals surface area contributed by atoms with E-state index in [1.807, 2.05) is 48.7 Å². The second-order valence-electron chi connectivity index (χ2n) is 6.17. The molecule has 146 valence electrons. The minimum absolute atomic E-state index is 0.138. The molecule has 0 aliphatic heterocycles. The Hall–Kier alpha value is -2.02. The topological polar surface area (TPSA) is 59.8 Å². The van der Waals surface area contributed by atoms with Crippen LogP contribution in [-0.4, -0.2) is 20.7 Å². The van der Waals surface area contributed by atoms with Gasteiger partial charge in [-0.1, -0.05) is 59.2 Å². The number of aromatic nitrogens is 3. The Balaban J connectivity index is 1.71. The lowest BCUT2D eigenvalue weighted by Gasteiger charge is -2.15. The van der Waals surface area contributed by atoms with E-state index in [4.69, 9.17) is 23.2 Å². The third-order valence-electron chi connectivity index (χ3n) is 4.20. The number of nitrogens with one attached hydrogen (secondary N) is 1. The van der Waals surface area contributed by atoms with Crippen LogP contribution in [0.2, 0.25) is 10.0 Å². The first kappa shape index (κ1) is 20.7. The highest BCUT2D eigenvalue weighted by atomic mass is 35.5. The summed E-state index contributed by atoms with van der Waals surface area (Å²) < 4.78 is 2.00. The van der Waals surface area contributed by atoms with Gasteiger partial charge in [-0.2, -0.15) is 0 Å². The van der Waals surface area contributed by atoms with Gasteiger partial charge in [0, 0.05) is 27.9 Å². The summed E-state index contributed by atoms with van der Waals surface area (Å²) in [4.78, 5) is 12.4. The maximum Gasteiger partial charge on any atom is 0.251 e. The second kappa shape index (κ2) is 9.45. The van der Waals surface area contributed by atoms with Crippen LogP contribution in [0.3, 0.4) is 0 Å². The van der Waals surface area contributed by atoms with Gasteiger partial charge in [-0.25, -0.2) is 0 Å². The van der Waals surface area contributed by atoms with Crippen molar-refractivity contribution < 1.29 is 4.79 Å². The fraction of sp³-hybridized carbons (Fsp3) is 0.250. The highest BCUT2D eigenvalue weighted by Crippen LogP contribution is 2.29. The first-order valence-corrected chi connectivity index (χ1v) is 10.6. The third kappa shape index (κ3) is 4.87. The maximum atomic E-state index is 12.4. The van der Waals surface area contributed by atoms with Crippen LogP contribution in [0.15, 0.2) is 53.7 Å². The largest absolute Gasteiger partial charge is 0.342 e. The normalized spacial score (nSPS) is 12.0. The molecule has 1 amide bonds. The van der Waals surface area contributed by atoms with Gasteiger partial charge in [-0.15, -0.1) is 10.2 Å². The standard InChI is InChI=1S/C20H20Cl2N4OS/c1-3-26-18(13(2)23-19(27)14-7-5-4-6-8-14)24-25-20(26)28-12-15-9-10-16(21)11-17(15)22/h4-11,13H,3,12H2,1-2H3,(H,23,27)/t13-/m0/s1. The zero-order chi connectivity index (χ0) is 20.1. The van der Waals surface area contributed by atoms with Crippen LogP contribution in [-0.2, 0) is 12.3 Å². The monoisotopic (exact) mass is 434 g/mol. The van der Waals surface area contributed by atoms with Gasteiger partial charge in [0.15, 0.2) is 11.0 Å². The fourth-order valence-electron chi connectivity index (χ4n) is 2.74. The lowest BCUT2D eigenvalue weighted by atomic mass is 10.2. The Morgan fingerprint density at radius 2 is 1.93 bits per heavy atom. The average Bonchev–Trinajstić information content (AvgIpc) is 3.11. The molecule has 0 fully saturated rings. The molecule has 1 heterocycles. The quantitative estimate of drug-likeness (QED) is 0.506. The molecule has 3 rings (SSSR count). The van der Waals surface area contributed by atoms with Crippen LogP contribution in [0.25, 0.3) is 0 Å². The molecule has 0 spiro atoms. The molecule has 1 atom stereocenters. The summed E-state index contributed by atoms with van der Waals surface area (Å²) in [6, 6.07) is 14.3. The summed E-state index contributed by atoms with van der Waals surface area (Å²) in [6.07, 6.45) is 0. The predicted octanol–water partition coefficient (Wildman–Crippen LogP) is 5.39. The molecule has 0 aliphatic carbocycles. The van der Waals surface area contributed by atoms with Gasteiger partial charge < -0.3 is 9.88 Å². The molecule has 0 saturated heterocycles. The molecular formula is C20H20Cl2N4OS. The van der Waals surface area contributed by atoms with E-state index in [0.29, 0.717) is 27.9 Å². The SMILES string of the molecule is CCn1c(SCc2ccc(Cl)cc2Cl)nnc1[C@H](C)NC(=O)c1ccccc1. The molecular weight excluding hydrogens is 415 g/mol. The van der Waals surface area contributed by atoms with E-state index < -0.39 is 0 Å². The zero-order valence-electron chi connectivity index (χ0n) is 15.5. The summed E-state index contributed by atoms with van der Waals surface area (Å²) in [5, 5.41) is 13.6. The Kier molecular flexibility index (Phi) is 6.99. The van der Waals surface area contributed by atoms with Crippen molar-refractivity contribution in [1.82, 2.24) is 20.1 Å².